The summed E-state index contributed by atoms with van der Waals surface area (Å²) in [6.45, 7) is 6.28. The van der Waals surface area contributed by atoms with E-state index in [1.807, 2.05) is 37.3 Å². The van der Waals surface area contributed by atoms with Gasteiger partial charge in [0.15, 0.2) is 5.78 Å². The number of rotatable bonds is 10. The van der Waals surface area contributed by atoms with E-state index >= 15 is 0 Å². The fourth-order valence-electron chi connectivity index (χ4n) is 9.26. The summed E-state index contributed by atoms with van der Waals surface area (Å²) in [6.07, 6.45) is 0.299. The van der Waals surface area contributed by atoms with Crippen LogP contribution in [0.4, 0.5) is 23.2 Å². The highest BCUT2D eigenvalue weighted by atomic mass is 32.2. The fourth-order valence-corrected chi connectivity index (χ4v) is 10.7. The van der Waals surface area contributed by atoms with E-state index in [4.69, 9.17) is 14.2 Å². The smallest absolute Gasteiger partial charge is 0.427 e. The van der Waals surface area contributed by atoms with Gasteiger partial charge in [-0.25, -0.2) is 17.8 Å². The first-order valence-corrected chi connectivity index (χ1v) is 23.0. The molecule has 5 aliphatic rings. The molecule has 2 amide bonds. The predicted molar refractivity (Wildman–Crippen MR) is 220 cm³/mol. The van der Waals surface area contributed by atoms with Crippen molar-refractivity contribution in [2.75, 3.05) is 44.4 Å². The number of aromatic nitrogens is 1. The number of hydrogen-bond acceptors (Lipinski definition) is 11. The van der Waals surface area contributed by atoms with Crippen LogP contribution in [0.5, 0.6) is 5.88 Å². The largest absolute Gasteiger partial charge is 0.472 e. The van der Waals surface area contributed by atoms with Gasteiger partial charge < -0.3 is 24.0 Å². The number of hydrogen-bond donors (Lipinski definition) is 1. The molecule has 0 unspecified atom stereocenters. The van der Waals surface area contributed by atoms with Gasteiger partial charge in [0.25, 0.3) is 0 Å². The van der Waals surface area contributed by atoms with Crippen molar-refractivity contribution in [1.29, 1.82) is 0 Å². The Morgan fingerprint density at radius 1 is 1.05 bits per heavy atom. The van der Waals surface area contributed by atoms with E-state index in [-0.39, 0.29) is 44.0 Å². The van der Waals surface area contributed by atoms with Gasteiger partial charge >= 0.3 is 12.1 Å². The molecule has 2 aliphatic carbocycles. The van der Waals surface area contributed by atoms with Crippen molar-refractivity contribution in [3.8, 4) is 5.88 Å². The molecule has 1 aromatic carbocycles. The van der Waals surface area contributed by atoms with Crippen LogP contribution in [0.15, 0.2) is 42.6 Å². The van der Waals surface area contributed by atoms with Gasteiger partial charge in [0.2, 0.25) is 33.3 Å². The Bertz CT molecular complexity index is 2190. The fraction of sp³-hybridized carbons (Fsp3) is 0.659. The standard InChI is InChI=1S/C44H56F4N4O9S/c1-27-9-5-6-10-29-22-43(29,40(56)50-62(57,58)42(26-45)13-14-42)23-36(53)34-20-30(60-38-32-12-8-7-11-31(32)35(24-49-38)51-15-17-59-18-16-51)25-52(34)39(55)33(28(2)19-27)21-37(54)61-41(3,4)44(46,47)48/h6-8,10-12,24,27-30,33-34H,5,9,13-23,25-26H2,1-4H3,(H,50,56)/b10-6-/t27-,28+,29+,30+,33-,34-,43+/m0/s1. The Balaban J connectivity index is 1.23. The molecule has 0 spiro atoms. The van der Waals surface area contributed by atoms with E-state index < -0.39 is 105 Å². The molecule has 1 N–H and O–H groups in total. The van der Waals surface area contributed by atoms with Gasteiger partial charge in [-0.2, -0.15) is 13.2 Å². The molecule has 7 rings (SSSR count). The number of nitrogens with one attached hydrogen (secondary N) is 1. The second kappa shape index (κ2) is 17.3. The minimum absolute atomic E-state index is 0.0163. The van der Waals surface area contributed by atoms with Gasteiger partial charge in [0, 0.05) is 36.7 Å². The van der Waals surface area contributed by atoms with Crippen LogP contribution in [0.1, 0.15) is 85.5 Å². The van der Waals surface area contributed by atoms with Crippen LogP contribution in [0.2, 0.25) is 0 Å². The SMILES string of the molecule is C[C@H]1CC/C=C\[C@@H]2C[C@@]2(C(=O)NS(=O)(=O)C2(CF)CC2)CC(=O)[C@@H]2C[C@@H](Oc3ncc(N4CCOCC4)c4ccccc34)CN2C(=O)[C@@H](CC(=O)OC(C)(C)C(F)(F)F)[C@H](C)C1. The zero-order valence-electron chi connectivity index (χ0n) is 35.5. The Kier molecular flexibility index (Phi) is 12.8. The van der Waals surface area contributed by atoms with Gasteiger partial charge in [-0.05, 0) is 76.2 Å². The number of esters is 1. The monoisotopic (exact) mass is 892 g/mol. The molecule has 0 radical (unpaired) electrons. The number of anilines is 1. The Morgan fingerprint density at radius 3 is 2.40 bits per heavy atom. The van der Waals surface area contributed by atoms with Crippen LogP contribution in [0.3, 0.4) is 0 Å². The number of alkyl halides is 4. The molecule has 340 valence electrons. The summed E-state index contributed by atoms with van der Waals surface area (Å²) in [5.41, 5.74) is -3.45. The summed E-state index contributed by atoms with van der Waals surface area (Å²) in [5.74, 6) is -5.37. The maximum Gasteiger partial charge on any atom is 0.427 e. The molecule has 7 atom stereocenters. The maximum atomic E-state index is 14.9. The summed E-state index contributed by atoms with van der Waals surface area (Å²) in [7, 11) is -4.42. The lowest BCUT2D eigenvalue weighted by Gasteiger charge is -2.33. The number of amides is 2. The van der Waals surface area contributed by atoms with Crippen LogP contribution in [-0.2, 0) is 38.7 Å². The van der Waals surface area contributed by atoms with Gasteiger partial charge in [-0.15, -0.1) is 0 Å². The minimum Gasteiger partial charge on any atom is -0.472 e. The van der Waals surface area contributed by atoms with Crippen molar-refractivity contribution in [3.63, 3.8) is 0 Å². The number of halogens is 4. The Morgan fingerprint density at radius 2 is 1.74 bits per heavy atom. The second-order valence-electron chi connectivity index (χ2n) is 18.6. The Hall–Kier alpha value is -4.32. The lowest BCUT2D eigenvalue weighted by Crippen LogP contribution is -2.49. The molecule has 1 aromatic heterocycles. The second-order valence-corrected chi connectivity index (χ2v) is 20.6. The van der Waals surface area contributed by atoms with E-state index in [2.05, 4.69) is 14.6 Å². The molecular formula is C44H56F4N4O9S. The number of benzene rings is 1. The molecule has 62 heavy (non-hydrogen) atoms. The summed E-state index contributed by atoms with van der Waals surface area (Å²) in [4.78, 5) is 65.2. The molecule has 3 aliphatic heterocycles. The van der Waals surface area contributed by atoms with Crippen molar-refractivity contribution >= 4 is 50.1 Å². The average molecular weight is 893 g/mol. The third-order valence-electron chi connectivity index (χ3n) is 13.6. The highest BCUT2D eigenvalue weighted by Gasteiger charge is 2.63. The summed E-state index contributed by atoms with van der Waals surface area (Å²) in [6, 6.07) is 6.30. The number of fused-ring (bicyclic) bond motifs is 3. The van der Waals surface area contributed by atoms with E-state index in [0.29, 0.717) is 51.0 Å². The van der Waals surface area contributed by atoms with Crippen molar-refractivity contribution in [3.05, 3.63) is 42.6 Å². The number of ether oxygens (including phenoxy) is 3. The van der Waals surface area contributed by atoms with Crippen LogP contribution in [-0.4, -0.2) is 110 Å². The molecular weight excluding hydrogens is 837 g/mol. The Labute approximate surface area is 359 Å². The number of ketones is 1. The average Bonchev–Trinajstić information content (AvgIpc) is 4.12. The third kappa shape index (κ3) is 9.18. The molecule has 2 saturated heterocycles. The van der Waals surface area contributed by atoms with Gasteiger partial charge in [-0.3, -0.25) is 23.9 Å². The number of carbonyl (C=O) groups excluding carboxylic acids is 4. The number of carbonyl (C=O) groups is 4. The van der Waals surface area contributed by atoms with Crippen molar-refractivity contribution in [2.45, 2.75) is 114 Å². The first kappa shape index (κ1) is 45.7. The van der Waals surface area contributed by atoms with Crippen molar-refractivity contribution in [1.82, 2.24) is 14.6 Å². The van der Waals surface area contributed by atoms with E-state index in [1.54, 1.807) is 19.2 Å². The van der Waals surface area contributed by atoms with Crippen LogP contribution < -0.4 is 14.4 Å². The van der Waals surface area contributed by atoms with E-state index in [9.17, 15) is 45.2 Å². The quantitative estimate of drug-likeness (QED) is 0.164. The van der Waals surface area contributed by atoms with Gasteiger partial charge in [-0.1, -0.05) is 44.2 Å². The number of allylic oxidation sites excluding steroid dienone is 2. The van der Waals surface area contributed by atoms with E-state index in [1.165, 1.54) is 4.90 Å². The number of sulfonamides is 1. The van der Waals surface area contributed by atoms with Crippen LogP contribution in [0.25, 0.3) is 10.8 Å². The maximum absolute atomic E-state index is 14.9. The van der Waals surface area contributed by atoms with Gasteiger partial charge in [0.1, 0.15) is 17.5 Å². The zero-order chi connectivity index (χ0) is 44.8. The molecule has 0 bridgehead atoms. The summed E-state index contributed by atoms with van der Waals surface area (Å²) < 4.78 is 99.4. The van der Waals surface area contributed by atoms with Crippen LogP contribution >= 0.6 is 0 Å². The molecule has 13 nitrogen and oxygen atoms in total. The van der Waals surface area contributed by atoms with Crippen molar-refractivity contribution in [2.24, 2.45) is 29.1 Å². The number of morpholine rings is 1. The lowest BCUT2D eigenvalue weighted by molar-refractivity contribution is -0.257. The van der Waals surface area contributed by atoms with Crippen LogP contribution in [0, 0.1) is 29.1 Å². The number of nitrogens with zero attached hydrogens (tertiary/aromatic N) is 3. The summed E-state index contributed by atoms with van der Waals surface area (Å²) in [5, 5.41) is 1.54. The predicted octanol–water partition coefficient (Wildman–Crippen LogP) is 6.24. The zero-order valence-corrected chi connectivity index (χ0v) is 36.4. The number of Topliss-reactive ketones (excluding diaryl/α,β-unsaturated/α-hetero) is 1. The molecule has 2 saturated carbocycles. The van der Waals surface area contributed by atoms with Crippen molar-refractivity contribution < 1.29 is 59.4 Å². The first-order valence-electron chi connectivity index (χ1n) is 21.5. The highest BCUT2D eigenvalue weighted by Crippen LogP contribution is 2.58. The highest BCUT2D eigenvalue weighted by molar-refractivity contribution is 7.91. The number of pyridine rings is 1. The molecule has 2 aromatic rings. The topological polar surface area (TPSA) is 162 Å². The van der Waals surface area contributed by atoms with E-state index in [0.717, 1.165) is 24.9 Å². The molecule has 18 heteroatoms. The normalized spacial score (nSPS) is 30.1. The summed E-state index contributed by atoms with van der Waals surface area (Å²) >= 11 is 0. The molecule has 4 fully saturated rings. The van der Waals surface area contributed by atoms with Gasteiger partial charge in [0.05, 0.1) is 55.4 Å². The lowest BCUT2D eigenvalue weighted by atomic mass is 9.82. The minimum atomic E-state index is -4.88. The first-order chi connectivity index (χ1) is 29.2. The third-order valence-corrected chi connectivity index (χ3v) is 15.7. The molecule has 4 heterocycles.